The van der Waals surface area contributed by atoms with Gasteiger partial charge in [0.15, 0.2) is 5.96 Å². The molecule has 7 heteroatoms. The van der Waals surface area contributed by atoms with E-state index < -0.39 is 0 Å². The smallest absolute Gasteiger partial charge is 0.225 e. The second kappa shape index (κ2) is 13.1. The number of likely N-dealkylation sites (tertiary alicyclic amines) is 1. The van der Waals surface area contributed by atoms with E-state index in [1.54, 1.807) is 0 Å². The molecule has 2 fully saturated rings. The van der Waals surface area contributed by atoms with Gasteiger partial charge in [-0.1, -0.05) is 38.8 Å². The predicted molar refractivity (Wildman–Crippen MR) is 137 cm³/mol. The summed E-state index contributed by atoms with van der Waals surface area (Å²) in [6, 6.07) is 8.41. The third kappa shape index (κ3) is 8.16. The Labute approximate surface area is 204 Å². The maximum Gasteiger partial charge on any atom is 0.225 e. The van der Waals surface area contributed by atoms with Crippen molar-refractivity contribution in [3.63, 3.8) is 0 Å². The van der Waals surface area contributed by atoms with Crippen molar-refractivity contribution in [2.75, 3.05) is 26.2 Å². The first-order valence-electron chi connectivity index (χ1n) is 11.6. The van der Waals surface area contributed by atoms with E-state index >= 15 is 0 Å². The summed E-state index contributed by atoms with van der Waals surface area (Å²) in [5.74, 6) is 2.83. The number of aliphatic imine (C=N–C) groups is 1. The van der Waals surface area contributed by atoms with E-state index in [0.29, 0.717) is 25.0 Å². The van der Waals surface area contributed by atoms with Crippen molar-refractivity contribution in [1.29, 1.82) is 0 Å². The van der Waals surface area contributed by atoms with Crippen LogP contribution in [0, 0.1) is 11.8 Å². The first kappa shape index (κ1) is 25.7. The molecule has 0 aromatic heterocycles. The molecule has 1 saturated heterocycles. The van der Waals surface area contributed by atoms with E-state index in [2.05, 4.69) is 43.5 Å². The highest BCUT2D eigenvalue weighted by Crippen LogP contribution is 2.27. The van der Waals surface area contributed by atoms with Crippen molar-refractivity contribution in [1.82, 2.24) is 15.5 Å². The number of nitrogens with zero attached hydrogens (tertiary/aromatic N) is 2. The van der Waals surface area contributed by atoms with E-state index in [1.807, 2.05) is 17.0 Å². The van der Waals surface area contributed by atoms with Crippen LogP contribution >= 0.6 is 24.0 Å². The van der Waals surface area contributed by atoms with Gasteiger partial charge in [-0.3, -0.25) is 4.79 Å². The quantitative estimate of drug-likeness (QED) is 0.294. The molecule has 2 aliphatic rings. The summed E-state index contributed by atoms with van der Waals surface area (Å²) in [7, 11) is 0. The molecule has 1 heterocycles. The van der Waals surface area contributed by atoms with Crippen molar-refractivity contribution in [2.24, 2.45) is 16.8 Å². The molecule has 1 aromatic rings. The normalized spacial score (nSPS) is 19.4. The second-order valence-corrected chi connectivity index (χ2v) is 8.94. The van der Waals surface area contributed by atoms with Gasteiger partial charge in [0.05, 0.1) is 13.2 Å². The molecule has 1 amide bonds. The number of guanidine groups is 1. The molecule has 0 radical (unpaired) electrons. The van der Waals surface area contributed by atoms with Gasteiger partial charge in [-0.2, -0.15) is 0 Å². The first-order valence-corrected chi connectivity index (χ1v) is 11.6. The van der Waals surface area contributed by atoms with Crippen LogP contribution in [-0.2, 0) is 11.3 Å². The molecular weight excluding hydrogens is 503 g/mol. The molecule has 1 aromatic carbocycles. The van der Waals surface area contributed by atoms with Crippen LogP contribution in [0.3, 0.4) is 0 Å². The third-order valence-corrected chi connectivity index (χ3v) is 5.79. The zero-order chi connectivity index (χ0) is 21.3. The number of carbonyl (C=O) groups excluding carboxylic acids is 1. The van der Waals surface area contributed by atoms with Crippen LogP contribution in [0.5, 0.6) is 5.75 Å². The minimum Gasteiger partial charge on any atom is -0.493 e. The molecule has 6 nitrogen and oxygen atoms in total. The number of hydrogen-bond donors (Lipinski definition) is 2. The molecule has 1 atom stereocenters. The lowest BCUT2D eigenvalue weighted by atomic mass is 10.1. The highest BCUT2D eigenvalue weighted by molar-refractivity contribution is 14.0. The Balaban J connectivity index is 0.00000341. The number of rotatable bonds is 8. The lowest BCUT2D eigenvalue weighted by Crippen LogP contribution is -2.45. The Kier molecular flexibility index (Phi) is 10.9. The van der Waals surface area contributed by atoms with Gasteiger partial charge >= 0.3 is 0 Å². The summed E-state index contributed by atoms with van der Waals surface area (Å²) in [4.78, 5) is 19.5. The van der Waals surface area contributed by atoms with Crippen molar-refractivity contribution in [3.05, 3.63) is 29.8 Å². The Morgan fingerprint density at radius 3 is 2.74 bits per heavy atom. The van der Waals surface area contributed by atoms with Gasteiger partial charge in [0.25, 0.3) is 0 Å². The van der Waals surface area contributed by atoms with Gasteiger partial charge < -0.3 is 20.3 Å². The first-order chi connectivity index (χ1) is 14.5. The standard InChI is InChI=1S/C24H38N4O2.HI/c1-4-25-24(26-15-19-8-7-11-22(14-19)30-17-18(2)3)27-21-12-13-28(16-21)23(29)20-9-5-6-10-20;/h7-8,11,14,18,20-21H,4-6,9-10,12-13,15-17H2,1-3H3,(H2,25,26,27);1H. The van der Waals surface area contributed by atoms with E-state index in [1.165, 1.54) is 12.8 Å². The van der Waals surface area contributed by atoms with Crippen LogP contribution in [0.15, 0.2) is 29.3 Å². The summed E-state index contributed by atoms with van der Waals surface area (Å²) in [6.45, 7) is 10.1. The van der Waals surface area contributed by atoms with Crippen molar-refractivity contribution >= 4 is 35.8 Å². The maximum absolute atomic E-state index is 12.7. The molecular formula is C24H39IN4O2. The Morgan fingerprint density at radius 2 is 2.03 bits per heavy atom. The second-order valence-electron chi connectivity index (χ2n) is 8.94. The Morgan fingerprint density at radius 1 is 1.26 bits per heavy atom. The largest absolute Gasteiger partial charge is 0.493 e. The van der Waals surface area contributed by atoms with Gasteiger partial charge in [-0.15, -0.1) is 24.0 Å². The number of amides is 1. The van der Waals surface area contributed by atoms with Crippen LogP contribution in [0.4, 0.5) is 0 Å². The van der Waals surface area contributed by atoms with E-state index in [0.717, 1.165) is 56.2 Å². The number of carbonyl (C=O) groups is 1. The minimum absolute atomic E-state index is 0. The number of ether oxygens (including phenoxy) is 1. The SMILES string of the molecule is CCNC(=NCc1cccc(OCC(C)C)c1)NC1CCN(C(=O)C2CCCC2)C1.I. The fraction of sp³-hybridized carbons (Fsp3) is 0.667. The van der Waals surface area contributed by atoms with E-state index in [-0.39, 0.29) is 35.9 Å². The number of nitrogens with one attached hydrogen (secondary N) is 2. The van der Waals surface area contributed by atoms with Gasteiger partial charge in [-0.25, -0.2) is 4.99 Å². The summed E-state index contributed by atoms with van der Waals surface area (Å²) in [6.07, 6.45) is 5.51. The molecule has 174 valence electrons. The van der Waals surface area contributed by atoms with Crippen LogP contribution in [-0.4, -0.2) is 49.0 Å². The van der Waals surface area contributed by atoms with Gasteiger partial charge in [0.2, 0.25) is 5.91 Å². The van der Waals surface area contributed by atoms with Crippen LogP contribution in [0.25, 0.3) is 0 Å². The molecule has 1 aliphatic carbocycles. The zero-order valence-electron chi connectivity index (χ0n) is 19.2. The van der Waals surface area contributed by atoms with Crippen molar-refractivity contribution in [2.45, 2.75) is 65.5 Å². The lowest BCUT2D eigenvalue weighted by molar-refractivity contribution is -0.134. The molecule has 0 spiro atoms. The van der Waals surface area contributed by atoms with Crippen molar-refractivity contribution < 1.29 is 9.53 Å². The van der Waals surface area contributed by atoms with E-state index in [9.17, 15) is 4.79 Å². The molecule has 0 bridgehead atoms. The molecule has 1 unspecified atom stereocenters. The molecule has 2 N–H and O–H groups in total. The van der Waals surface area contributed by atoms with Crippen LogP contribution in [0.2, 0.25) is 0 Å². The Hall–Kier alpha value is -1.51. The Bertz CT molecular complexity index is 719. The monoisotopic (exact) mass is 542 g/mol. The van der Waals surface area contributed by atoms with Gasteiger partial charge in [0, 0.05) is 31.6 Å². The van der Waals surface area contributed by atoms with Crippen LogP contribution < -0.4 is 15.4 Å². The molecule has 1 aliphatic heterocycles. The molecule has 31 heavy (non-hydrogen) atoms. The van der Waals surface area contributed by atoms with Gasteiger partial charge in [-0.05, 0) is 49.8 Å². The van der Waals surface area contributed by atoms with Gasteiger partial charge in [0.1, 0.15) is 5.75 Å². The minimum atomic E-state index is 0. The average Bonchev–Trinajstić information content (AvgIpc) is 3.43. The predicted octanol–water partition coefficient (Wildman–Crippen LogP) is 4.19. The fourth-order valence-corrected chi connectivity index (χ4v) is 4.19. The number of benzene rings is 1. The summed E-state index contributed by atoms with van der Waals surface area (Å²) in [5.41, 5.74) is 1.12. The highest BCUT2D eigenvalue weighted by Gasteiger charge is 2.32. The summed E-state index contributed by atoms with van der Waals surface area (Å²) in [5, 5.41) is 6.87. The third-order valence-electron chi connectivity index (χ3n) is 5.79. The molecule has 1 saturated carbocycles. The number of halogens is 1. The van der Waals surface area contributed by atoms with E-state index in [4.69, 9.17) is 9.73 Å². The highest BCUT2D eigenvalue weighted by atomic mass is 127. The summed E-state index contributed by atoms with van der Waals surface area (Å²) < 4.78 is 5.83. The number of hydrogen-bond acceptors (Lipinski definition) is 3. The van der Waals surface area contributed by atoms with Crippen molar-refractivity contribution in [3.8, 4) is 5.75 Å². The summed E-state index contributed by atoms with van der Waals surface area (Å²) >= 11 is 0. The maximum atomic E-state index is 12.7. The lowest BCUT2D eigenvalue weighted by Gasteiger charge is -2.21. The zero-order valence-corrected chi connectivity index (χ0v) is 21.6. The van der Waals surface area contributed by atoms with Crippen LogP contribution in [0.1, 0.15) is 58.4 Å². The average molecular weight is 543 g/mol. The molecule has 3 rings (SSSR count). The topological polar surface area (TPSA) is 66.0 Å². The fourth-order valence-electron chi connectivity index (χ4n) is 4.19.